The first-order valence-corrected chi connectivity index (χ1v) is 30.6. The minimum absolute atomic E-state index is 0.514. The zero-order chi connectivity index (χ0) is 58.9. The number of hydrogen-bond acceptors (Lipinski definition) is 4. The largest absolute Gasteiger partial charge is 0.456 e. The number of aromatic nitrogens is 2. The van der Waals surface area contributed by atoms with Gasteiger partial charge < -0.3 is 27.8 Å². The average Bonchev–Trinajstić information content (AvgIpc) is 1.51. The number of hydrogen-bond donors (Lipinski definition) is 0. The fraction of sp³-hybridized carbons (Fsp3) is 0.0361. The molecule has 89 heavy (non-hydrogen) atoms. The summed E-state index contributed by atoms with van der Waals surface area (Å²) in [6.07, 6.45) is 0. The third-order valence-electron chi connectivity index (χ3n) is 18.5. The van der Waals surface area contributed by atoms with Crippen molar-refractivity contribution in [2.75, 3.05) is 9.80 Å². The van der Waals surface area contributed by atoms with Crippen LogP contribution in [0.25, 0.3) is 121 Å². The van der Waals surface area contributed by atoms with Crippen LogP contribution in [0.2, 0.25) is 0 Å². The van der Waals surface area contributed by atoms with Crippen molar-refractivity contribution in [2.24, 2.45) is 0 Å². The van der Waals surface area contributed by atoms with Gasteiger partial charge in [0.05, 0.1) is 22.1 Å². The van der Waals surface area contributed by atoms with Gasteiger partial charge >= 0.3 is 0 Å². The van der Waals surface area contributed by atoms with Crippen LogP contribution < -0.4 is 9.80 Å². The number of furan rings is 2. The minimum atomic E-state index is -0.514. The lowest BCUT2D eigenvalue weighted by Gasteiger charge is -2.27. The molecule has 0 unspecified atom stereocenters. The van der Waals surface area contributed by atoms with Gasteiger partial charge in [-0.3, -0.25) is 0 Å². The van der Waals surface area contributed by atoms with E-state index in [1.165, 1.54) is 65.6 Å². The van der Waals surface area contributed by atoms with Crippen molar-refractivity contribution >= 4 is 110 Å². The predicted molar refractivity (Wildman–Crippen MR) is 370 cm³/mol. The first kappa shape index (κ1) is 50.7. The predicted octanol–water partition coefficient (Wildman–Crippen LogP) is 23.1. The fourth-order valence-electron chi connectivity index (χ4n) is 14.8. The number of nitrogens with zero attached hydrogens (tertiary/aromatic N) is 4. The first-order chi connectivity index (χ1) is 43.9. The summed E-state index contributed by atoms with van der Waals surface area (Å²) < 4.78 is 18.1. The number of rotatable bonds is 10. The van der Waals surface area contributed by atoms with Crippen molar-refractivity contribution < 1.29 is 8.83 Å². The van der Waals surface area contributed by atoms with Crippen molar-refractivity contribution in [2.45, 2.75) is 19.3 Å². The summed E-state index contributed by atoms with van der Waals surface area (Å²) in [7, 11) is 0. The maximum Gasteiger partial charge on any atom is 0.135 e. The molecule has 1 aliphatic rings. The van der Waals surface area contributed by atoms with Crippen LogP contribution in [-0.4, -0.2) is 9.13 Å². The van der Waals surface area contributed by atoms with E-state index in [1.54, 1.807) is 0 Å². The van der Waals surface area contributed by atoms with Crippen LogP contribution in [0.5, 0.6) is 0 Å². The van der Waals surface area contributed by atoms with Gasteiger partial charge in [0, 0.05) is 94.4 Å². The van der Waals surface area contributed by atoms with E-state index in [-0.39, 0.29) is 0 Å². The third kappa shape index (κ3) is 7.83. The molecule has 0 radical (unpaired) electrons. The molecule has 0 atom stereocenters. The second-order valence-corrected chi connectivity index (χ2v) is 24.0. The smallest absolute Gasteiger partial charge is 0.135 e. The monoisotopic (exact) mass is 1140 g/mol. The highest BCUT2D eigenvalue weighted by Gasteiger charge is 2.43. The van der Waals surface area contributed by atoms with E-state index in [2.05, 4.69) is 312 Å². The summed E-state index contributed by atoms with van der Waals surface area (Å²) in [5, 5.41) is 9.50. The lowest BCUT2D eigenvalue weighted by atomic mass is 9.80. The summed E-state index contributed by atoms with van der Waals surface area (Å²) in [6.45, 7) is 4.95. The van der Waals surface area contributed by atoms with Gasteiger partial charge in [-0.1, -0.05) is 196 Å². The standard InChI is InChI=1S/C83H56N4O2/c1-83(2)79-70(46-45-68-65-43-41-63(51-71(65)86(81(68)79)59-31-11-5-12-32-59)84(57-27-7-3-8-28-57)61-35-21-25-53(47-61)75-49-55-23-15-19-39-73(55)88-75)77-66-37-17-18-38-67(66)78-69-44-42-64(52-72(69)87(82(78)80(77)83)60-33-13-6-14-34-60)85(58-29-9-4-10-30-58)62-36-22-26-54(48-62)76-50-56-24-16-20-40-74(56)89-76/h3-52H,1-2H3. The Balaban J connectivity index is 0.867. The van der Waals surface area contributed by atoms with Gasteiger partial charge in [0.25, 0.3) is 0 Å². The van der Waals surface area contributed by atoms with Crippen LogP contribution in [0.3, 0.4) is 0 Å². The molecule has 0 spiro atoms. The summed E-state index contributed by atoms with van der Waals surface area (Å²) in [4.78, 5) is 4.75. The van der Waals surface area contributed by atoms with E-state index >= 15 is 0 Å². The van der Waals surface area contributed by atoms with Crippen LogP contribution >= 0.6 is 0 Å². The van der Waals surface area contributed by atoms with Crippen LogP contribution in [0.1, 0.15) is 25.0 Å². The van der Waals surface area contributed by atoms with Crippen molar-refractivity contribution in [3.63, 3.8) is 0 Å². The molecule has 1 aliphatic carbocycles. The van der Waals surface area contributed by atoms with E-state index in [0.717, 1.165) is 101 Å². The lowest BCUT2D eigenvalue weighted by molar-refractivity contribution is 0.631. The van der Waals surface area contributed by atoms with Crippen LogP contribution in [0, 0.1) is 0 Å². The molecule has 0 N–H and O–H groups in total. The Labute approximate surface area is 514 Å². The van der Waals surface area contributed by atoms with Crippen molar-refractivity contribution in [3.05, 3.63) is 314 Å². The Hall–Kier alpha value is -11.6. The van der Waals surface area contributed by atoms with E-state index in [1.807, 2.05) is 24.3 Å². The maximum absolute atomic E-state index is 6.47. The molecule has 0 fully saturated rings. The van der Waals surface area contributed by atoms with Crippen molar-refractivity contribution in [1.29, 1.82) is 0 Å². The average molecular weight is 1140 g/mol. The Morgan fingerprint density at radius 1 is 0.315 bits per heavy atom. The number of fused-ring (bicyclic) bond motifs is 16. The second kappa shape index (κ2) is 19.7. The Kier molecular flexibility index (Phi) is 11.2. The molecule has 0 amide bonds. The highest BCUT2D eigenvalue weighted by atomic mass is 16.3. The van der Waals surface area contributed by atoms with Crippen LogP contribution in [0.15, 0.2) is 312 Å². The highest BCUT2D eigenvalue weighted by molar-refractivity contribution is 6.28. The number of anilines is 6. The van der Waals surface area contributed by atoms with E-state index in [4.69, 9.17) is 8.83 Å². The molecule has 18 rings (SSSR count). The Bertz CT molecular complexity index is 5590. The molecule has 0 aliphatic heterocycles. The quantitative estimate of drug-likeness (QED) is 0.137. The zero-order valence-electron chi connectivity index (χ0n) is 49.0. The van der Waals surface area contributed by atoms with Crippen LogP contribution in [0.4, 0.5) is 34.1 Å². The SMILES string of the molecule is CC1(C)c2c(ccc3c4ccc(N(c5ccccc5)c5cccc(-c6cc7ccccc7o6)c5)cc4n(-c4ccccc4)c23)-c2c1c1c(c3ccccc23)c2ccc(N(c3ccccc3)c3cccc(-c4cc5ccccc5o4)c3)cc2n1-c1ccccc1. The minimum Gasteiger partial charge on any atom is -0.456 e. The van der Waals surface area contributed by atoms with Crippen LogP contribution in [-0.2, 0) is 5.41 Å². The van der Waals surface area contributed by atoms with Gasteiger partial charge in [0.2, 0.25) is 0 Å². The van der Waals surface area contributed by atoms with Gasteiger partial charge in [-0.05, 0) is 154 Å². The Morgan fingerprint density at radius 3 is 1.30 bits per heavy atom. The second-order valence-electron chi connectivity index (χ2n) is 24.0. The molecule has 6 nitrogen and oxygen atoms in total. The molecular weight excluding hydrogens is 1080 g/mol. The summed E-state index contributed by atoms with van der Waals surface area (Å²) in [5.74, 6) is 1.67. The topological polar surface area (TPSA) is 42.6 Å². The molecular formula is C83H56N4O2. The number of benzene rings is 13. The van der Waals surface area contributed by atoms with Gasteiger partial charge in [0.15, 0.2) is 0 Å². The van der Waals surface area contributed by atoms with Gasteiger partial charge in [-0.25, -0.2) is 0 Å². The van der Waals surface area contributed by atoms with E-state index in [9.17, 15) is 0 Å². The molecule has 6 heteroatoms. The summed E-state index contributed by atoms with van der Waals surface area (Å²) in [6, 6.07) is 110. The highest BCUT2D eigenvalue weighted by Crippen LogP contribution is 2.59. The van der Waals surface area contributed by atoms with Gasteiger partial charge in [0.1, 0.15) is 22.7 Å². The summed E-state index contributed by atoms with van der Waals surface area (Å²) >= 11 is 0. The van der Waals surface area contributed by atoms with Gasteiger partial charge in [-0.2, -0.15) is 0 Å². The molecule has 0 bridgehead atoms. The molecule has 0 saturated heterocycles. The molecule has 4 aromatic heterocycles. The molecule has 17 aromatic rings. The molecule has 13 aromatic carbocycles. The first-order valence-electron chi connectivity index (χ1n) is 30.6. The zero-order valence-corrected chi connectivity index (χ0v) is 49.0. The fourth-order valence-corrected chi connectivity index (χ4v) is 14.8. The van der Waals surface area contributed by atoms with E-state index < -0.39 is 5.41 Å². The maximum atomic E-state index is 6.47. The normalized spacial score (nSPS) is 12.7. The van der Waals surface area contributed by atoms with Crippen molar-refractivity contribution in [1.82, 2.24) is 9.13 Å². The van der Waals surface area contributed by atoms with Crippen molar-refractivity contribution in [3.8, 4) is 45.1 Å². The summed E-state index contributed by atoms with van der Waals surface area (Å²) in [5.41, 5.74) is 21.6. The Morgan fingerprint density at radius 2 is 0.753 bits per heavy atom. The van der Waals surface area contributed by atoms with Gasteiger partial charge in [-0.15, -0.1) is 0 Å². The molecule has 420 valence electrons. The lowest BCUT2D eigenvalue weighted by Crippen LogP contribution is -2.18. The number of para-hydroxylation sites is 6. The third-order valence-corrected chi connectivity index (χ3v) is 18.5. The van der Waals surface area contributed by atoms with E-state index in [0.29, 0.717) is 0 Å². The molecule has 0 saturated carbocycles. The molecule has 4 heterocycles.